The largest absolute Gasteiger partial charge is 0.354 e. The third-order valence-corrected chi connectivity index (χ3v) is 4.60. The smallest absolute Gasteiger partial charge is 0.243 e. The summed E-state index contributed by atoms with van der Waals surface area (Å²) in [5.74, 6) is 0.857. The van der Waals surface area contributed by atoms with Gasteiger partial charge in [0, 0.05) is 39.8 Å². The fourth-order valence-corrected chi connectivity index (χ4v) is 2.80. The van der Waals surface area contributed by atoms with Crippen molar-refractivity contribution in [2.75, 3.05) is 47.3 Å². The van der Waals surface area contributed by atoms with E-state index in [0.717, 1.165) is 25.5 Å². The number of hydrogen-bond acceptors (Lipinski definition) is 3. The van der Waals surface area contributed by atoms with Crippen LogP contribution in [0, 0.1) is 0 Å². The molecule has 1 aliphatic heterocycles. The van der Waals surface area contributed by atoms with Crippen LogP contribution in [-0.2, 0) is 4.79 Å². The highest BCUT2D eigenvalue weighted by molar-refractivity contribution is 5.84. The minimum absolute atomic E-state index is 0.0258. The van der Waals surface area contributed by atoms with Crippen molar-refractivity contribution in [3.05, 3.63) is 0 Å². The lowest BCUT2D eigenvalue weighted by atomic mass is 10.2. The average Bonchev–Trinajstić information content (AvgIpc) is 2.97. The Bertz CT molecular complexity index is 396. The van der Waals surface area contributed by atoms with E-state index in [-0.39, 0.29) is 12.5 Å². The van der Waals surface area contributed by atoms with Gasteiger partial charge in [-0.1, -0.05) is 13.8 Å². The number of aliphatic imine (C=N–C) groups is 1. The number of hydrogen-bond donors (Lipinski definition) is 1. The first-order valence-corrected chi connectivity index (χ1v) is 8.85. The molecule has 134 valence electrons. The van der Waals surface area contributed by atoms with Crippen molar-refractivity contribution < 1.29 is 4.79 Å². The van der Waals surface area contributed by atoms with Crippen LogP contribution in [0.5, 0.6) is 0 Å². The lowest BCUT2D eigenvalue weighted by Crippen LogP contribution is -2.48. The summed E-state index contributed by atoms with van der Waals surface area (Å²) in [4.78, 5) is 22.7. The molecular formula is C17H35N5O. The summed E-state index contributed by atoms with van der Waals surface area (Å²) in [6.07, 6.45) is 3.54. The van der Waals surface area contributed by atoms with E-state index in [0.29, 0.717) is 12.1 Å². The zero-order valence-electron chi connectivity index (χ0n) is 15.8. The summed E-state index contributed by atoms with van der Waals surface area (Å²) in [6.45, 7) is 9.95. The van der Waals surface area contributed by atoms with Crippen molar-refractivity contribution in [3.8, 4) is 0 Å². The topological polar surface area (TPSA) is 51.2 Å². The summed E-state index contributed by atoms with van der Waals surface area (Å²) in [5.41, 5.74) is 0. The van der Waals surface area contributed by atoms with Crippen LogP contribution in [0.3, 0.4) is 0 Å². The number of guanidine groups is 1. The molecule has 0 saturated carbocycles. The highest BCUT2D eigenvalue weighted by Crippen LogP contribution is 2.17. The Morgan fingerprint density at radius 1 is 1.35 bits per heavy atom. The maximum absolute atomic E-state index is 11.8. The molecule has 1 N–H and O–H groups in total. The number of rotatable bonds is 7. The number of nitrogens with one attached hydrogen (secondary N) is 1. The van der Waals surface area contributed by atoms with E-state index >= 15 is 0 Å². The van der Waals surface area contributed by atoms with E-state index in [1.165, 1.54) is 19.4 Å². The Morgan fingerprint density at radius 3 is 2.61 bits per heavy atom. The van der Waals surface area contributed by atoms with Gasteiger partial charge >= 0.3 is 0 Å². The second kappa shape index (κ2) is 9.75. The van der Waals surface area contributed by atoms with Gasteiger partial charge in [-0.25, -0.2) is 4.99 Å². The summed E-state index contributed by atoms with van der Waals surface area (Å²) in [5, 5.41) is 3.45. The van der Waals surface area contributed by atoms with Crippen LogP contribution in [0.2, 0.25) is 0 Å². The molecule has 1 amide bonds. The number of carbonyl (C=O) groups excluding carboxylic acids is 1. The van der Waals surface area contributed by atoms with Crippen molar-refractivity contribution in [1.29, 1.82) is 0 Å². The van der Waals surface area contributed by atoms with E-state index in [2.05, 4.69) is 47.9 Å². The van der Waals surface area contributed by atoms with Crippen LogP contribution < -0.4 is 5.32 Å². The van der Waals surface area contributed by atoms with Crippen LogP contribution in [0.4, 0.5) is 0 Å². The Labute approximate surface area is 141 Å². The van der Waals surface area contributed by atoms with E-state index in [1.54, 1.807) is 19.0 Å². The molecule has 2 unspecified atom stereocenters. The van der Waals surface area contributed by atoms with Gasteiger partial charge in [-0.3, -0.25) is 9.69 Å². The first-order chi connectivity index (χ1) is 10.9. The first kappa shape index (κ1) is 19.7. The molecule has 0 aromatic heterocycles. The van der Waals surface area contributed by atoms with Gasteiger partial charge in [0.25, 0.3) is 0 Å². The molecular weight excluding hydrogens is 290 g/mol. The number of nitrogens with zero attached hydrogens (tertiary/aromatic N) is 4. The molecule has 1 rings (SSSR count). The maximum Gasteiger partial charge on any atom is 0.243 e. The third-order valence-electron chi connectivity index (χ3n) is 4.60. The lowest BCUT2D eigenvalue weighted by Gasteiger charge is -2.31. The highest BCUT2D eigenvalue weighted by Gasteiger charge is 2.25. The normalized spacial score (nSPS) is 20.4. The van der Waals surface area contributed by atoms with Gasteiger partial charge < -0.3 is 15.1 Å². The molecule has 6 nitrogen and oxygen atoms in total. The standard InChI is InChI=1S/C17H35N5O/c1-7-14(3)19-17(18-12-16(23)20(4)5)21(6)13-15-10-9-11-22(15)8-2/h14-15H,7-13H2,1-6H3,(H,18,19). The van der Waals surface area contributed by atoms with E-state index in [4.69, 9.17) is 0 Å². The molecule has 0 aromatic rings. The number of likely N-dealkylation sites (N-methyl/N-ethyl adjacent to an activating group) is 3. The van der Waals surface area contributed by atoms with Crippen LogP contribution >= 0.6 is 0 Å². The maximum atomic E-state index is 11.8. The second-order valence-corrected chi connectivity index (χ2v) is 6.69. The summed E-state index contributed by atoms with van der Waals surface area (Å²) in [7, 11) is 5.60. The molecule has 6 heteroatoms. The van der Waals surface area contributed by atoms with E-state index < -0.39 is 0 Å². The minimum Gasteiger partial charge on any atom is -0.354 e. The predicted molar refractivity (Wildman–Crippen MR) is 96.8 cm³/mol. The van der Waals surface area contributed by atoms with E-state index in [9.17, 15) is 4.79 Å². The van der Waals surface area contributed by atoms with Gasteiger partial charge in [0.15, 0.2) is 5.96 Å². The highest BCUT2D eigenvalue weighted by atomic mass is 16.2. The van der Waals surface area contributed by atoms with Gasteiger partial charge in [0.1, 0.15) is 6.54 Å². The van der Waals surface area contributed by atoms with Gasteiger partial charge in [0.05, 0.1) is 0 Å². The van der Waals surface area contributed by atoms with Crippen molar-refractivity contribution in [1.82, 2.24) is 20.0 Å². The van der Waals surface area contributed by atoms with Crippen molar-refractivity contribution in [2.24, 2.45) is 4.99 Å². The van der Waals surface area contributed by atoms with Crippen LogP contribution in [0.25, 0.3) is 0 Å². The molecule has 1 heterocycles. The van der Waals surface area contributed by atoms with Gasteiger partial charge in [-0.2, -0.15) is 0 Å². The third kappa shape index (κ3) is 6.37. The fourth-order valence-electron chi connectivity index (χ4n) is 2.80. The SMILES string of the molecule is CCC(C)NC(=NCC(=O)N(C)C)N(C)CC1CCCN1CC. The molecule has 1 saturated heterocycles. The molecule has 1 fully saturated rings. The minimum atomic E-state index is 0.0258. The Hall–Kier alpha value is -1.30. The van der Waals surface area contributed by atoms with Crippen molar-refractivity contribution in [2.45, 2.75) is 52.1 Å². The summed E-state index contributed by atoms with van der Waals surface area (Å²) >= 11 is 0. The molecule has 2 atom stereocenters. The van der Waals surface area contributed by atoms with Gasteiger partial charge in [-0.15, -0.1) is 0 Å². The quantitative estimate of drug-likeness (QED) is 0.565. The van der Waals surface area contributed by atoms with E-state index in [1.807, 2.05) is 0 Å². The Balaban J connectivity index is 2.73. The summed E-state index contributed by atoms with van der Waals surface area (Å²) < 4.78 is 0. The van der Waals surface area contributed by atoms with Gasteiger partial charge in [0.2, 0.25) is 5.91 Å². The average molecular weight is 326 g/mol. The molecule has 0 radical (unpaired) electrons. The molecule has 0 spiro atoms. The van der Waals surface area contributed by atoms with Gasteiger partial charge in [-0.05, 0) is 39.3 Å². The zero-order chi connectivity index (χ0) is 17.4. The predicted octanol–water partition coefficient (Wildman–Crippen LogP) is 1.23. The number of likely N-dealkylation sites (tertiary alicyclic amines) is 1. The molecule has 0 aliphatic carbocycles. The molecule has 1 aliphatic rings. The molecule has 23 heavy (non-hydrogen) atoms. The summed E-state index contributed by atoms with van der Waals surface area (Å²) in [6, 6.07) is 0.926. The van der Waals surface area contributed by atoms with Crippen molar-refractivity contribution >= 4 is 11.9 Å². The number of carbonyl (C=O) groups is 1. The van der Waals surface area contributed by atoms with Crippen LogP contribution in [0.1, 0.15) is 40.0 Å². The molecule has 0 bridgehead atoms. The lowest BCUT2D eigenvalue weighted by molar-refractivity contribution is -0.127. The first-order valence-electron chi connectivity index (χ1n) is 8.85. The Morgan fingerprint density at radius 2 is 2.04 bits per heavy atom. The zero-order valence-corrected chi connectivity index (χ0v) is 15.8. The molecule has 0 aromatic carbocycles. The monoisotopic (exact) mass is 325 g/mol. The second-order valence-electron chi connectivity index (χ2n) is 6.69. The Kier molecular flexibility index (Phi) is 8.37. The van der Waals surface area contributed by atoms with Crippen molar-refractivity contribution in [3.63, 3.8) is 0 Å². The van der Waals surface area contributed by atoms with Crippen LogP contribution in [0.15, 0.2) is 4.99 Å². The fraction of sp³-hybridized carbons (Fsp3) is 0.882. The number of amides is 1. The van der Waals surface area contributed by atoms with Crippen LogP contribution in [-0.4, -0.2) is 86.0 Å².